The summed E-state index contributed by atoms with van der Waals surface area (Å²) in [7, 11) is -2.40. The molecule has 1 aliphatic heterocycles. The second kappa shape index (κ2) is 12.3. The molecular formula is C23H35N3O7Si. The second-order valence-electron chi connectivity index (χ2n) is 9.54. The van der Waals surface area contributed by atoms with E-state index >= 15 is 0 Å². The van der Waals surface area contributed by atoms with Crippen LogP contribution in [0, 0.1) is 0 Å². The van der Waals surface area contributed by atoms with Crippen LogP contribution in [0.1, 0.15) is 26.3 Å². The number of azide groups is 1. The summed E-state index contributed by atoms with van der Waals surface area (Å²) in [5.41, 5.74) is 10.1. The lowest BCUT2D eigenvalue weighted by Crippen LogP contribution is -2.62. The number of hydrogen-bond acceptors (Lipinski definition) is 8. The molecule has 1 saturated heterocycles. The number of benzene rings is 1. The van der Waals surface area contributed by atoms with E-state index in [1.54, 1.807) is 0 Å². The van der Waals surface area contributed by atoms with Gasteiger partial charge in [0.15, 0.2) is 14.6 Å². The van der Waals surface area contributed by atoms with Crippen LogP contribution in [0.25, 0.3) is 10.4 Å². The maximum atomic E-state index is 12.2. The van der Waals surface area contributed by atoms with E-state index in [0.717, 1.165) is 5.56 Å². The molecule has 1 aromatic carbocycles. The van der Waals surface area contributed by atoms with Crippen molar-refractivity contribution < 1.29 is 33.3 Å². The van der Waals surface area contributed by atoms with E-state index in [4.69, 9.17) is 23.4 Å². The highest BCUT2D eigenvalue weighted by molar-refractivity contribution is 6.74. The van der Waals surface area contributed by atoms with Gasteiger partial charge in [-0.05, 0) is 29.2 Å². The normalized spacial score (nSPS) is 25.2. The van der Waals surface area contributed by atoms with E-state index in [0.29, 0.717) is 6.61 Å². The van der Waals surface area contributed by atoms with Crippen LogP contribution in [0.2, 0.25) is 18.1 Å². The number of nitrogens with zero attached hydrogens (tertiary/aromatic N) is 3. The zero-order valence-electron chi connectivity index (χ0n) is 20.4. The summed E-state index contributed by atoms with van der Waals surface area (Å²) in [4.78, 5) is 15.1. The Kier molecular flexibility index (Phi) is 10.1. The van der Waals surface area contributed by atoms with Gasteiger partial charge in [-0.1, -0.05) is 68.9 Å². The number of carbonyl (C=O) groups is 1. The topological polar surface area (TPSA) is 132 Å². The lowest BCUT2D eigenvalue weighted by atomic mass is 9.97. The summed E-state index contributed by atoms with van der Waals surface area (Å²) in [6.07, 6.45) is -4.21. The molecule has 1 heterocycles. The van der Waals surface area contributed by atoms with E-state index < -0.39 is 45.1 Å². The Morgan fingerprint density at radius 1 is 1.32 bits per heavy atom. The molecule has 1 fully saturated rings. The second-order valence-corrected chi connectivity index (χ2v) is 14.3. The highest BCUT2D eigenvalue weighted by Gasteiger charge is 2.51. The van der Waals surface area contributed by atoms with Gasteiger partial charge in [0.2, 0.25) is 0 Å². The van der Waals surface area contributed by atoms with Crippen molar-refractivity contribution in [2.24, 2.45) is 5.11 Å². The number of hydrogen-bond donors (Lipinski definition) is 1. The predicted molar refractivity (Wildman–Crippen MR) is 128 cm³/mol. The summed E-state index contributed by atoms with van der Waals surface area (Å²) in [6.45, 7) is 13.9. The fourth-order valence-electron chi connectivity index (χ4n) is 3.06. The Balaban J connectivity index is 2.26. The molecular weight excluding hydrogens is 458 g/mol. The third-order valence-corrected chi connectivity index (χ3v) is 10.4. The van der Waals surface area contributed by atoms with Gasteiger partial charge in [0.05, 0.1) is 13.2 Å². The highest BCUT2D eigenvalue weighted by Crippen LogP contribution is 2.40. The zero-order chi connectivity index (χ0) is 25.4. The quantitative estimate of drug-likeness (QED) is 0.125. The molecule has 0 amide bonds. The molecule has 1 N–H and O–H groups in total. The van der Waals surface area contributed by atoms with Gasteiger partial charge in [0, 0.05) is 4.91 Å². The molecule has 10 nitrogen and oxygen atoms in total. The van der Waals surface area contributed by atoms with E-state index in [-0.39, 0.29) is 18.3 Å². The highest BCUT2D eigenvalue weighted by atomic mass is 28.4. The molecule has 0 spiro atoms. The molecule has 11 heteroatoms. The van der Waals surface area contributed by atoms with E-state index in [9.17, 15) is 15.4 Å². The van der Waals surface area contributed by atoms with Gasteiger partial charge in [-0.3, -0.25) is 0 Å². The first kappa shape index (κ1) is 27.8. The summed E-state index contributed by atoms with van der Waals surface area (Å²) in [6, 6.07) is 8.41. The average Bonchev–Trinajstić information content (AvgIpc) is 2.77. The van der Waals surface area contributed by atoms with Crippen LogP contribution in [-0.4, -0.2) is 63.4 Å². The van der Waals surface area contributed by atoms with Crippen LogP contribution >= 0.6 is 0 Å². The Bertz CT molecular complexity index is 856. The molecule has 0 bridgehead atoms. The molecule has 34 heavy (non-hydrogen) atoms. The lowest BCUT2D eigenvalue weighted by molar-refractivity contribution is -0.248. The van der Waals surface area contributed by atoms with Crippen LogP contribution < -0.4 is 0 Å². The van der Waals surface area contributed by atoms with Crippen LogP contribution in [0.15, 0.2) is 48.1 Å². The van der Waals surface area contributed by atoms with Crippen LogP contribution in [0.4, 0.5) is 4.79 Å². The fourth-order valence-corrected chi connectivity index (χ4v) is 4.19. The van der Waals surface area contributed by atoms with Gasteiger partial charge in [-0.25, -0.2) is 4.79 Å². The molecule has 0 aliphatic carbocycles. The minimum absolute atomic E-state index is 0.00201. The SMILES string of the molecule is C=CCOC(=O)O[C@@H]1C(N=[N+]=[N-])[C@H](O[Si](C)(C)C(C)(C)C)OC(COCc2ccccc2)[C@@H]1O. The molecule has 0 aromatic heterocycles. The molecule has 188 valence electrons. The smallest absolute Gasteiger partial charge is 0.430 e. The summed E-state index contributed by atoms with van der Waals surface area (Å²) >= 11 is 0. The monoisotopic (exact) mass is 493 g/mol. The third-order valence-electron chi connectivity index (χ3n) is 5.99. The lowest BCUT2D eigenvalue weighted by Gasteiger charge is -2.46. The molecule has 2 unspecified atom stereocenters. The van der Waals surface area contributed by atoms with Crippen molar-refractivity contribution in [3.8, 4) is 0 Å². The van der Waals surface area contributed by atoms with Crippen molar-refractivity contribution in [3.05, 3.63) is 59.0 Å². The first-order chi connectivity index (χ1) is 16.0. The first-order valence-corrected chi connectivity index (χ1v) is 14.0. The molecule has 0 saturated carbocycles. The summed E-state index contributed by atoms with van der Waals surface area (Å²) in [5, 5.41) is 14.6. The zero-order valence-corrected chi connectivity index (χ0v) is 21.4. The Labute approximate surface area is 201 Å². The predicted octanol–water partition coefficient (Wildman–Crippen LogP) is 4.70. The number of rotatable bonds is 10. The van der Waals surface area contributed by atoms with Gasteiger partial charge in [0.25, 0.3) is 0 Å². The minimum Gasteiger partial charge on any atom is -0.430 e. The minimum atomic E-state index is -2.40. The van der Waals surface area contributed by atoms with E-state index in [2.05, 4.69) is 37.4 Å². The Hall–Kier alpha value is -2.40. The molecule has 1 aliphatic rings. The van der Waals surface area contributed by atoms with Crippen molar-refractivity contribution in [1.29, 1.82) is 0 Å². The maximum absolute atomic E-state index is 12.2. The number of carbonyl (C=O) groups excluding carboxylic acids is 1. The van der Waals surface area contributed by atoms with Crippen molar-refractivity contribution in [3.63, 3.8) is 0 Å². The number of ether oxygens (including phenoxy) is 4. The van der Waals surface area contributed by atoms with Gasteiger partial charge in [-0.2, -0.15) is 0 Å². The standard InChI is InChI=1S/C23H35N3O7Si/c1-7-13-30-22(28)32-20-18(25-26-24)21(33-34(5,6)23(2,3)4)31-17(19(20)27)15-29-14-16-11-9-8-10-12-16/h7-12,17-21,27H,1,13-15H2,2-6H3/t17?,18?,19-,20+,21-/m0/s1. The maximum Gasteiger partial charge on any atom is 0.508 e. The Morgan fingerprint density at radius 2 is 2.00 bits per heavy atom. The van der Waals surface area contributed by atoms with E-state index in [1.165, 1.54) is 6.08 Å². The van der Waals surface area contributed by atoms with Gasteiger partial charge >= 0.3 is 6.16 Å². The fraction of sp³-hybridized carbons (Fsp3) is 0.609. The van der Waals surface area contributed by atoms with Gasteiger partial charge in [0.1, 0.15) is 31.0 Å². The molecule has 5 atom stereocenters. The first-order valence-electron chi connectivity index (χ1n) is 11.1. The number of aliphatic hydroxyl groups is 1. The van der Waals surface area contributed by atoms with Crippen molar-refractivity contribution >= 4 is 14.5 Å². The largest absolute Gasteiger partial charge is 0.508 e. The Morgan fingerprint density at radius 3 is 2.59 bits per heavy atom. The molecule has 1 aromatic rings. The van der Waals surface area contributed by atoms with Crippen LogP contribution in [-0.2, 0) is 30.0 Å². The van der Waals surface area contributed by atoms with Gasteiger partial charge in [-0.15, -0.1) is 0 Å². The van der Waals surface area contributed by atoms with Crippen LogP contribution in [0.3, 0.4) is 0 Å². The third kappa shape index (κ3) is 7.56. The summed E-state index contributed by atoms with van der Waals surface area (Å²) in [5.74, 6) is 0. The van der Waals surface area contributed by atoms with Crippen molar-refractivity contribution in [2.75, 3.05) is 13.2 Å². The molecule has 2 rings (SSSR count). The van der Waals surface area contributed by atoms with Crippen LogP contribution in [0.5, 0.6) is 0 Å². The van der Waals surface area contributed by atoms with E-state index in [1.807, 2.05) is 43.4 Å². The summed E-state index contributed by atoms with van der Waals surface area (Å²) < 4.78 is 28.5. The molecule has 0 radical (unpaired) electrons. The average molecular weight is 494 g/mol. The number of aliphatic hydroxyl groups excluding tert-OH is 1. The van der Waals surface area contributed by atoms with Crippen molar-refractivity contribution in [2.45, 2.75) is 76.2 Å². The van der Waals surface area contributed by atoms with Gasteiger partial charge < -0.3 is 28.5 Å². The van der Waals surface area contributed by atoms with Crippen molar-refractivity contribution in [1.82, 2.24) is 0 Å².